The van der Waals surface area contributed by atoms with Gasteiger partial charge in [0.1, 0.15) is 11.5 Å². The van der Waals surface area contributed by atoms with Gasteiger partial charge in [-0.2, -0.15) is 0 Å². The number of aliphatic hydroxyl groups is 1. The number of ether oxygens (including phenoxy) is 1. The summed E-state index contributed by atoms with van der Waals surface area (Å²) in [6, 6.07) is 1.64. The maximum Gasteiger partial charge on any atom is 0.343 e. The smallest absolute Gasteiger partial charge is 0.343 e. The summed E-state index contributed by atoms with van der Waals surface area (Å²) in [7, 11) is 0. The highest BCUT2D eigenvalue weighted by Crippen LogP contribution is 2.42. The average Bonchev–Trinajstić information content (AvgIpc) is 1.94. The molecule has 0 aliphatic carbocycles. The van der Waals surface area contributed by atoms with Crippen molar-refractivity contribution < 1.29 is 14.3 Å². The van der Waals surface area contributed by atoms with Crippen molar-refractivity contribution in [3.63, 3.8) is 0 Å². The fourth-order valence-electron chi connectivity index (χ4n) is 2.46. The Morgan fingerprint density at radius 2 is 2.00 bits per heavy atom. The monoisotopic (exact) mass is 224 g/mol. The van der Waals surface area contributed by atoms with Gasteiger partial charge in [0.05, 0.1) is 5.56 Å². The average molecular weight is 224 g/mol. The Bertz CT molecular complexity index is 482. The predicted octanol–water partition coefficient (Wildman–Crippen LogP) is 1.72. The third-order valence-electron chi connectivity index (χ3n) is 2.82. The van der Waals surface area contributed by atoms with Gasteiger partial charge in [-0.15, -0.1) is 0 Å². The van der Waals surface area contributed by atoms with E-state index in [1.54, 1.807) is 19.9 Å². The Hall–Kier alpha value is -1.29. The molecular weight excluding hydrogens is 208 g/mol. The molecule has 1 unspecified atom stereocenters. The molecule has 4 heteroatoms. The summed E-state index contributed by atoms with van der Waals surface area (Å²) >= 11 is 0. The zero-order chi connectivity index (χ0) is 12.1. The summed E-state index contributed by atoms with van der Waals surface area (Å²) in [5.74, 6) is -0.330. The van der Waals surface area contributed by atoms with Crippen molar-refractivity contribution in [3.05, 3.63) is 27.8 Å². The van der Waals surface area contributed by atoms with Crippen molar-refractivity contribution in [2.75, 3.05) is 0 Å². The van der Waals surface area contributed by atoms with Gasteiger partial charge in [0, 0.05) is 24.8 Å². The molecule has 1 aromatic rings. The van der Waals surface area contributed by atoms with Gasteiger partial charge in [0.15, 0.2) is 0 Å². The zero-order valence-corrected chi connectivity index (χ0v) is 9.96. The maximum absolute atomic E-state index is 11.8. The molecule has 0 bridgehead atoms. The molecule has 0 saturated carbocycles. The molecule has 0 amide bonds. The van der Waals surface area contributed by atoms with Gasteiger partial charge >= 0.3 is 5.63 Å². The minimum Gasteiger partial charge on any atom is -0.462 e. The lowest BCUT2D eigenvalue weighted by Crippen LogP contribution is -2.45. The van der Waals surface area contributed by atoms with Gasteiger partial charge in [-0.05, 0) is 6.92 Å². The van der Waals surface area contributed by atoms with E-state index in [2.05, 4.69) is 0 Å². The van der Waals surface area contributed by atoms with Crippen LogP contribution >= 0.6 is 0 Å². The maximum atomic E-state index is 11.8. The van der Waals surface area contributed by atoms with E-state index in [1.165, 1.54) is 0 Å². The van der Waals surface area contributed by atoms with Crippen LogP contribution in [-0.2, 0) is 5.41 Å². The zero-order valence-electron chi connectivity index (χ0n) is 9.96. The third kappa shape index (κ3) is 1.73. The van der Waals surface area contributed by atoms with Crippen molar-refractivity contribution in [2.24, 2.45) is 0 Å². The molecule has 0 saturated heterocycles. The number of fused-ring (bicyclic) bond motifs is 1. The molecule has 0 fully saturated rings. The standard InChI is InChI=1S/C12H16O4/c1-7-5-8-9(10(13)15-7)11(2,3)6-12(4,14)16-8/h5,14H,6H2,1-4H3. The Labute approximate surface area is 93.9 Å². The van der Waals surface area contributed by atoms with Crippen molar-refractivity contribution in [3.8, 4) is 5.75 Å². The Morgan fingerprint density at radius 3 is 2.62 bits per heavy atom. The summed E-state index contributed by atoms with van der Waals surface area (Å²) in [6.07, 6.45) is 0.362. The first-order valence-electron chi connectivity index (χ1n) is 5.28. The van der Waals surface area contributed by atoms with E-state index >= 15 is 0 Å². The summed E-state index contributed by atoms with van der Waals surface area (Å²) in [5, 5.41) is 9.98. The summed E-state index contributed by atoms with van der Waals surface area (Å²) < 4.78 is 10.5. The molecule has 0 radical (unpaired) electrons. The molecule has 88 valence electrons. The molecule has 1 aromatic heterocycles. The molecule has 0 aromatic carbocycles. The molecule has 2 heterocycles. The fraction of sp³-hybridized carbons (Fsp3) is 0.583. The Balaban J connectivity index is 2.69. The van der Waals surface area contributed by atoms with Gasteiger partial charge in [-0.1, -0.05) is 13.8 Å². The lowest BCUT2D eigenvalue weighted by atomic mass is 9.77. The number of rotatable bonds is 0. The van der Waals surface area contributed by atoms with E-state index in [4.69, 9.17) is 9.15 Å². The topological polar surface area (TPSA) is 59.7 Å². The molecule has 1 atom stereocenters. The minimum absolute atomic E-state index is 0.362. The number of hydrogen-bond acceptors (Lipinski definition) is 4. The van der Waals surface area contributed by atoms with Gasteiger partial charge in [-0.3, -0.25) is 0 Å². The second-order valence-electron chi connectivity index (χ2n) is 5.22. The molecule has 1 N–H and O–H groups in total. The van der Waals surface area contributed by atoms with E-state index < -0.39 is 11.2 Å². The van der Waals surface area contributed by atoms with E-state index in [0.29, 0.717) is 23.5 Å². The van der Waals surface area contributed by atoms with Crippen LogP contribution in [0.3, 0.4) is 0 Å². The summed E-state index contributed by atoms with van der Waals surface area (Å²) in [4.78, 5) is 11.8. The predicted molar refractivity (Wildman–Crippen MR) is 58.6 cm³/mol. The van der Waals surface area contributed by atoms with Crippen LogP contribution in [0.1, 0.15) is 38.5 Å². The molecule has 2 rings (SSSR count). The van der Waals surface area contributed by atoms with Crippen LogP contribution in [0.25, 0.3) is 0 Å². The summed E-state index contributed by atoms with van der Waals surface area (Å²) in [5.41, 5.74) is -0.328. The quantitative estimate of drug-likeness (QED) is 0.729. The van der Waals surface area contributed by atoms with Crippen molar-refractivity contribution >= 4 is 0 Å². The molecule has 1 aliphatic rings. The van der Waals surface area contributed by atoms with Gasteiger partial charge in [0.25, 0.3) is 0 Å². The van der Waals surface area contributed by atoms with Crippen LogP contribution in [0.15, 0.2) is 15.3 Å². The highest BCUT2D eigenvalue weighted by Gasteiger charge is 2.43. The number of hydrogen-bond donors (Lipinski definition) is 1. The second kappa shape index (κ2) is 3.10. The van der Waals surface area contributed by atoms with Crippen LogP contribution in [-0.4, -0.2) is 10.9 Å². The van der Waals surface area contributed by atoms with Crippen molar-refractivity contribution in [1.29, 1.82) is 0 Å². The number of aryl methyl sites for hydroxylation is 1. The SMILES string of the molecule is Cc1cc2c(c(=O)o1)C(C)(C)CC(C)(O)O2. The van der Waals surface area contributed by atoms with Gasteiger partial charge in [-0.25, -0.2) is 4.79 Å². The fourth-order valence-corrected chi connectivity index (χ4v) is 2.46. The molecule has 16 heavy (non-hydrogen) atoms. The van der Waals surface area contributed by atoms with Crippen molar-refractivity contribution in [2.45, 2.75) is 45.3 Å². The lowest BCUT2D eigenvalue weighted by Gasteiger charge is -2.39. The second-order valence-corrected chi connectivity index (χ2v) is 5.22. The van der Waals surface area contributed by atoms with E-state index in [9.17, 15) is 9.90 Å². The van der Waals surface area contributed by atoms with Gasteiger partial charge < -0.3 is 14.3 Å². The van der Waals surface area contributed by atoms with Crippen LogP contribution in [0, 0.1) is 6.92 Å². The molecule has 1 aliphatic heterocycles. The van der Waals surface area contributed by atoms with Gasteiger partial charge in [0.2, 0.25) is 5.79 Å². The Morgan fingerprint density at radius 1 is 1.38 bits per heavy atom. The highest BCUT2D eigenvalue weighted by molar-refractivity contribution is 5.39. The third-order valence-corrected chi connectivity index (χ3v) is 2.82. The van der Waals surface area contributed by atoms with Crippen molar-refractivity contribution in [1.82, 2.24) is 0 Å². The first kappa shape index (κ1) is 11.2. The van der Waals surface area contributed by atoms with Crippen LogP contribution in [0.4, 0.5) is 0 Å². The first-order chi connectivity index (χ1) is 7.21. The normalized spacial score (nSPS) is 27.1. The first-order valence-corrected chi connectivity index (χ1v) is 5.28. The van der Waals surface area contributed by atoms with Crippen LogP contribution in [0.2, 0.25) is 0 Å². The van der Waals surface area contributed by atoms with E-state index in [-0.39, 0.29) is 5.63 Å². The largest absolute Gasteiger partial charge is 0.462 e. The van der Waals surface area contributed by atoms with Crippen LogP contribution in [0.5, 0.6) is 5.75 Å². The Kier molecular flexibility index (Phi) is 2.17. The molecule has 0 spiro atoms. The molecular formula is C12H16O4. The molecule has 4 nitrogen and oxygen atoms in total. The minimum atomic E-state index is -1.24. The van der Waals surface area contributed by atoms with Crippen LogP contribution < -0.4 is 10.4 Å². The summed E-state index contributed by atoms with van der Waals surface area (Å²) in [6.45, 7) is 7.08. The highest BCUT2D eigenvalue weighted by atomic mass is 16.6. The van der Waals surface area contributed by atoms with E-state index in [0.717, 1.165) is 0 Å². The lowest BCUT2D eigenvalue weighted by molar-refractivity contribution is -0.149. The van der Waals surface area contributed by atoms with E-state index in [1.807, 2.05) is 13.8 Å².